The van der Waals surface area contributed by atoms with Crippen LogP contribution in [0.2, 0.25) is 0 Å². The Kier molecular flexibility index (Phi) is 4.85. The van der Waals surface area contributed by atoms with Crippen molar-refractivity contribution in [2.75, 3.05) is 5.43 Å². The monoisotopic (exact) mass is 352 g/mol. The molecule has 0 aliphatic carbocycles. The van der Waals surface area contributed by atoms with Gasteiger partial charge in [-0.25, -0.2) is 4.98 Å². The number of benzene rings is 2. The summed E-state index contributed by atoms with van der Waals surface area (Å²) in [5, 5.41) is 17.6. The highest BCUT2D eigenvalue weighted by molar-refractivity contribution is 7.14. The molecule has 25 heavy (non-hydrogen) atoms. The zero-order valence-corrected chi connectivity index (χ0v) is 14.6. The molecular formula is C18H16N4O2S. The van der Waals surface area contributed by atoms with Crippen LogP contribution in [0.5, 0.6) is 0 Å². The van der Waals surface area contributed by atoms with E-state index in [0.29, 0.717) is 10.7 Å². The molecule has 0 aliphatic rings. The van der Waals surface area contributed by atoms with Crippen LogP contribution in [0.15, 0.2) is 52.9 Å². The van der Waals surface area contributed by atoms with Gasteiger partial charge in [-0.05, 0) is 25.5 Å². The fourth-order valence-corrected chi connectivity index (χ4v) is 3.13. The molecule has 0 bridgehead atoms. The number of nitrogens with zero attached hydrogens (tertiary/aromatic N) is 3. The van der Waals surface area contributed by atoms with Crippen molar-refractivity contribution in [2.24, 2.45) is 5.10 Å². The standard InChI is InChI=1S/C18H16N4O2S/c1-12-7-8-15(13(2)9-12)16-11-25-18(20-16)21-19-10-14-5-3-4-6-17(14)22(23)24/h3-11H,1-2H3,(H,20,21)/b19-10-. The number of para-hydroxylation sites is 1. The summed E-state index contributed by atoms with van der Waals surface area (Å²) in [5.41, 5.74) is 7.63. The molecule has 0 saturated heterocycles. The van der Waals surface area contributed by atoms with E-state index >= 15 is 0 Å². The Labute approximate surface area is 149 Å². The smallest absolute Gasteiger partial charge is 0.258 e. The quantitative estimate of drug-likeness (QED) is 0.407. The zero-order valence-electron chi connectivity index (χ0n) is 13.8. The van der Waals surface area contributed by atoms with Crippen molar-refractivity contribution < 1.29 is 4.92 Å². The van der Waals surface area contributed by atoms with Crippen LogP contribution < -0.4 is 5.43 Å². The summed E-state index contributed by atoms with van der Waals surface area (Å²) in [6.45, 7) is 4.11. The number of nitro benzene ring substituents is 1. The molecule has 2 aromatic carbocycles. The van der Waals surface area contributed by atoms with E-state index < -0.39 is 4.92 Å². The van der Waals surface area contributed by atoms with Crippen molar-refractivity contribution in [1.29, 1.82) is 0 Å². The van der Waals surface area contributed by atoms with Crippen LogP contribution in [0.4, 0.5) is 10.8 Å². The summed E-state index contributed by atoms with van der Waals surface area (Å²) in [7, 11) is 0. The number of nitrogens with one attached hydrogen (secondary N) is 1. The number of rotatable bonds is 5. The number of aromatic nitrogens is 1. The van der Waals surface area contributed by atoms with Gasteiger partial charge in [0.05, 0.1) is 22.4 Å². The van der Waals surface area contributed by atoms with Crippen LogP contribution in [0.25, 0.3) is 11.3 Å². The van der Waals surface area contributed by atoms with Gasteiger partial charge in [-0.1, -0.05) is 35.9 Å². The van der Waals surface area contributed by atoms with Crippen molar-refractivity contribution in [1.82, 2.24) is 4.98 Å². The van der Waals surface area contributed by atoms with E-state index in [0.717, 1.165) is 11.3 Å². The SMILES string of the molecule is Cc1ccc(-c2csc(N/N=C\c3ccccc3[N+](=O)[O-])n2)c(C)c1. The van der Waals surface area contributed by atoms with Gasteiger partial charge >= 0.3 is 0 Å². The summed E-state index contributed by atoms with van der Waals surface area (Å²) >= 11 is 1.43. The van der Waals surface area contributed by atoms with Gasteiger partial charge in [0, 0.05) is 17.0 Å². The first-order valence-electron chi connectivity index (χ1n) is 7.60. The Balaban J connectivity index is 1.75. The highest BCUT2D eigenvalue weighted by Crippen LogP contribution is 2.28. The molecule has 1 aromatic heterocycles. The maximum atomic E-state index is 11.0. The van der Waals surface area contributed by atoms with E-state index in [9.17, 15) is 10.1 Å². The lowest BCUT2D eigenvalue weighted by Gasteiger charge is -2.03. The predicted octanol–water partition coefficient (Wildman–Crippen LogP) is 4.78. The number of anilines is 1. The average molecular weight is 352 g/mol. The molecule has 0 aliphatic heterocycles. The molecule has 126 valence electrons. The fourth-order valence-electron chi connectivity index (χ4n) is 2.47. The first kappa shape index (κ1) is 16.8. The third-order valence-corrected chi connectivity index (χ3v) is 4.41. The average Bonchev–Trinajstić information content (AvgIpc) is 3.03. The summed E-state index contributed by atoms with van der Waals surface area (Å²) in [4.78, 5) is 15.1. The second-order valence-electron chi connectivity index (χ2n) is 5.54. The van der Waals surface area contributed by atoms with Crippen LogP contribution in [0.3, 0.4) is 0 Å². The Morgan fingerprint density at radius 3 is 2.80 bits per heavy atom. The van der Waals surface area contributed by atoms with E-state index in [1.807, 2.05) is 5.38 Å². The van der Waals surface area contributed by atoms with Crippen LogP contribution in [-0.2, 0) is 0 Å². The second-order valence-corrected chi connectivity index (χ2v) is 6.40. The van der Waals surface area contributed by atoms with Crippen LogP contribution in [-0.4, -0.2) is 16.1 Å². The molecule has 0 saturated carbocycles. The topological polar surface area (TPSA) is 80.4 Å². The van der Waals surface area contributed by atoms with E-state index in [2.05, 4.69) is 47.6 Å². The summed E-state index contributed by atoms with van der Waals surface area (Å²) in [5.74, 6) is 0. The molecule has 3 aromatic rings. The highest BCUT2D eigenvalue weighted by Gasteiger charge is 2.10. The predicted molar refractivity (Wildman–Crippen MR) is 101 cm³/mol. The molecule has 0 amide bonds. The summed E-state index contributed by atoms with van der Waals surface area (Å²) < 4.78 is 0. The van der Waals surface area contributed by atoms with Crippen molar-refractivity contribution in [3.05, 3.63) is 74.6 Å². The van der Waals surface area contributed by atoms with Gasteiger partial charge in [-0.2, -0.15) is 5.10 Å². The van der Waals surface area contributed by atoms with Crippen LogP contribution in [0, 0.1) is 24.0 Å². The fraction of sp³-hybridized carbons (Fsp3) is 0.111. The molecule has 6 nitrogen and oxygen atoms in total. The Bertz CT molecular complexity index is 950. The number of nitro groups is 1. The molecular weight excluding hydrogens is 336 g/mol. The highest BCUT2D eigenvalue weighted by atomic mass is 32.1. The summed E-state index contributed by atoms with van der Waals surface area (Å²) in [6.07, 6.45) is 1.43. The first-order chi connectivity index (χ1) is 12.0. The minimum absolute atomic E-state index is 0.0168. The summed E-state index contributed by atoms with van der Waals surface area (Å²) in [6, 6.07) is 12.7. The Morgan fingerprint density at radius 2 is 2.04 bits per heavy atom. The first-order valence-corrected chi connectivity index (χ1v) is 8.48. The van der Waals surface area contributed by atoms with Crippen LogP contribution in [0.1, 0.15) is 16.7 Å². The number of hydrogen-bond donors (Lipinski definition) is 1. The van der Waals surface area contributed by atoms with Gasteiger partial charge in [-0.15, -0.1) is 11.3 Å². The molecule has 0 radical (unpaired) electrons. The van der Waals surface area contributed by atoms with Gasteiger partial charge in [0.15, 0.2) is 0 Å². The number of thiazole rings is 1. The van der Waals surface area contributed by atoms with Crippen molar-refractivity contribution in [3.8, 4) is 11.3 Å². The van der Waals surface area contributed by atoms with Gasteiger partial charge in [-0.3, -0.25) is 15.5 Å². The number of hydrogen-bond acceptors (Lipinski definition) is 6. The van der Waals surface area contributed by atoms with Gasteiger partial charge < -0.3 is 0 Å². The molecule has 1 N–H and O–H groups in total. The number of hydrazone groups is 1. The van der Waals surface area contributed by atoms with E-state index in [-0.39, 0.29) is 5.69 Å². The molecule has 0 unspecified atom stereocenters. The lowest BCUT2D eigenvalue weighted by atomic mass is 10.0. The van der Waals surface area contributed by atoms with Crippen molar-refractivity contribution in [3.63, 3.8) is 0 Å². The van der Waals surface area contributed by atoms with E-state index in [1.54, 1.807) is 18.2 Å². The lowest BCUT2D eigenvalue weighted by Crippen LogP contribution is -1.96. The second kappa shape index (κ2) is 7.23. The normalized spacial score (nSPS) is 11.0. The van der Waals surface area contributed by atoms with Gasteiger partial charge in [0.25, 0.3) is 5.69 Å². The minimum atomic E-state index is -0.428. The van der Waals surface area contributed by atoms with E-state index in [1.165, 1.54) is 34.7 Å². The lowest BCUT2D eigenvalue weighted by molar-refractivity contribution is -0.385. The third kappa shape index (κ3) is 3.89. The van der Waals surface area contributed by atoms with Crippen LogP contribution >= 0.6 is 11.3 Å². The number of aryl methyl sites for hydroxylation is 2. The largest absolute Gasteiger partial charge is 0.278 e. The minimum Gasteiger partial charge on any atom is -0.258 e. The van der Waals surface area contributed by atoms with Gasteiger partial charge in [0.2, 0.25) is 5.13 Å². The third-order valence-electron chi connectivity index (χ3n) is 3.66. The Hall–Kier alpha value is -3.06. The van der Waals surface area contributed by atoms with Gasteiger partial charge in [0.1, 0.15) is 0 Å². The van der Waals surface area contributed by atoms with Crippen molar-refractivity contribution in [2.45, 2.75) is 13.8 Å². The maximum absolute atomic E-state index is 11.0. The molecule has 0 fully saturated rings. The zero-order chi connectivity index (χ0) is 17.8. The Morgan fingerprint density at radius 1 is 1.24 bits per heavy atom. The molecule has 7 heteroatoms. The molecule has 1 heterocycles. The maximum Gasteiger partial charge on any atom is 0.278 e. The van der Waals surface area contributed by atoms with Crippen molar-refractivity contribution >= 4 is 28.4 Å². The van der Waals surface area contributed by atoms with E-state index in [4.69, 9.17) is 0 Å². The molecule has 3 rings (SSSR count). The molecule has 0 atom stereocenters. The molecule has 0 spiro atoms.